The second-order valence-corrected chi connectivity index (χ2v) is 6.62. The molecule has 0 radical (unpaired) electrons. The SMILES string of the molecule is COc1ccc2oc(-c3cccc(NC(=S)NC(=O)c4ccccc4)c3)nc2c1. The predicted molar refractivity (Wildman–Crippen MR) is 116 cm³/mol. The first-order valence-electron chi connectivity index (χ1n) is 8.85. The summed E-state index contributed by atoms with van der Waals surface area (Å²) in [6, 6.07) is 21.8. The Balaban J connectivity index is 1.50. The zero-order valence-corrected chi connectivity index (χ0v) is 16.3. The number of nitrogens with one attached hydrogen (secondary N) is 2. The number of benzene rings is 3. The lowest BCUT2D eigenvalue weighted by Gasteiger charge is -2.10. The molecule has 7 heteroatoms. The molecule has 1 amide bonds. The maximum absolute atomic E-state index is 12.2. The van der Waals surface area contributed by atoms with E-state index < -0.39 is 0 Å². The third kappa shape index (κ3) is 4.25. The molecule has 0 atom stereocenters. The van der Waals surface area contributed by atoms with E-state index in [1.165, 1.54) is 0 Å². The second kappa shape index (κ2) is 8.12. The minimum atomic E-state index is -0.271. The lowest BCUT2D eigenvalue weighted by atomic mass is 10.2. The van der Waals surface area contributed by atoms with Gasteiger partial charge >= 0.3 is 0 Å². The number of oxazole rings is 1. The molecule has 0 saturated carbocycles. The van der Waals surface area contributed by atoms with Crippen LogP contribution < -0.4 is 15.4 Å². The third-order valence-corrected chi connectivity index (χ3v) is 4.43. The lowest BCUT2D eigenvalue weighted by Crippen LogP contribution is -2.34. The van der Waals surface area contributed by atoms with E-state index >= 15 is 0 Å². The van der Waals surface area contributed by atoms with Gasteiger partial charge < -0.3 is 14.5 Å². The summed E-state index contributed by atoms with van der Waals surface area (Å²) in [5, 5.41) is 5.89. The summed E-state index contributed by atoms with van der Waals surface area (Å²) in [4.78, 5) is 16.7. The highest BCUT2D eigenvalue weighted by molar-refractivity contribution is 7.80. The van der Waals surface area contributed by atoms with Crippen LogP contribution in [0.25, 0.3) is 22.6 Å². The Morgan fingerprint density at radius 3 is 2.66 bits per heavy atom. The number of carbonyl (C=O) groups is 1. The molecule has 0 spiro atoms. The number of fused-ring (bicyclic) bond motifs is 1. The molecule has 0 saturated heterocycles. The quantitative estimate of drug-likeness (QED) is 0.484. The van der Waals surface area contributed by atoms with Crippen molar-refractivity contribution in [2.45, 2.75) is 0 Å². The first-order valence-corrected chi connectivity index (χ1v) is 9.25. The average molecular weight is 403 g/mol. The topological polar surface area (TPSA) is 76.4 Å². The van der Waals surface area contributed by atoms with Gasteiger partial charge in [0, 0.05) is 22.9 Å². The fourth-order valence-electron chi connectivity index (χ4n) is 2.81. The zero-order valence-electron chi connectivity index (χ0n) is 15.5. The Bertz CT molecular complexity index is 1190. The summed E-state index contributed by atoms with van der Waals surface area (Å²) in [6.45, 7) is 0. The van der Waals surface area contributed by atoms with E-state index in [9.17, 15) is 4.79 Å². The minimum Gasteiger partial charge on any atom is -0.497 e. The summed E-state index contributed by atoms with van der Waals surface area (Å²) in [5.74, 6) is 0.926. The van der Waals surface area contributed by atoms with Gasteiger partial charge in [0.2, 0.25) is 5.89 Å². The smallest absolute Gasteiger partial charge is 0.257 e. The van der Waals surface area contributed by atoms with Crippen LogP contribution in [-0.4, -0.2) is 23.1 Å². The highest BCUT2D eigenvalue weighted by Crippen LogP contribution is 2.28. The summed E-state index contributed by atoms with van der Waals surface area (Å²) >= 11 is 5.26. The zero-order chi connectivity index (χ0) is 20.2. The van der Waals surface area contributed by atoms with Gasteiger partial charge in [0.25, 0.3) is 5.91 Å². The van der Waals surface area contributed by atoms with Gasteiger partial charge in [0.15, 0.2) is 10.7 Å². The van der Waals surface area contributed by atoms with E-state index in [1.54, 1.807) is 31.4 Å². The molecule has 0 aliphatic heterocycles. The molecule has 6 nitrogen and oxygen atoms in total. The molecule has 0 aliphatic carbocycles. The molecule has 2 N–H and O–H groups in total. The van der Waals surface area contributed by atoms with Crippen LogP contribution >= 0.6 is 12.2 Å². The summed E-state index contributed by atoms with van der Waals surface area (Å²) in [7, 11) is 1.61. The molecular formula is C22H17N3O3S. The molecular weight excluding hydrogens is 386 g/mol. The molecule has 29 heavy (non-hydrogen) atoms. The van der Waals surface area contributed by atoms with Crippen molar-refractivity contribution < 1.29 is 13.9 Å². The number of carbonyl (C=O) groups excluding carboxylic acids is 1. The molecule has 1 aromatic heterocycles. The normalized spacial score (nSPS) is 10.5. The number of rotatable bonds is 4. The number of hydrogen-bond acceptors (Lipinski definition) is 5. The van der Waals surface area contributed by atoms with Gasteiger partial charge in [-0.25, -0.2) is 4.98 Å². The molecule has 0 bridgehead atoms. The number of anilines is 1. The van der Waals surface area contributed by atoms with Gasteiger partial charge in [-0.1, -0.05) is 24.3 Å². The van der Waals surface area contributed by atoms with Gasteiger partial charge in [0.1, 0.15) is 11.3 Å². The van der Waals surface area contributed by atoms with Crippen molar-refractivity contribution in [3.05, 3.63) is 78.4 Å². The van der Waals surface area contributed by atoms with Crippen LogP contribution in [0.4, 0.5) is 5.69 Å². The molecule has 144 valence electrons. The largest absolute Gasteiger partial charge is 0.497 e. The van der Waals surface area contributed by atoms with Crippen LogP contribution in [0, 0.1) is 0 Å². The Hall–Kier alpha value is -3.71. The van der Waals surface area contributed by atoms with Crippen LogP contribution in [-0.2, 0) is 0 Å². The number of aromatic nitrogens is 1. The van der Waals surface area contributed by atoms with E-state index in [4.69, 9.17) is 21.4 Å². The molecule has 3 aromatic carbocycles. The molecule has 4 rings (SSSR count). The fourth-order valence-corrected chi connectivity index (χ4v) is 3.03. The maximum Gasteiger partial charge on any atom is 0.257 e. The minimum absolute atomic E-state index is 0.207. The summed E-state index contributed by atoms with van der Waals surface area (Å²) < 4.78 is 11.1. The van der Waals surface area contributed by atoms with Gasteiger partial charge in [-0.15, -0.1) is 0 Å². The number of methoxy groups -OCH3 is 1. The summed E-state index contributed by atoms with van der Waals surface area (Å²) in [6.07, 6.45) is 0. The Morgan fingerprint density at radius 1 is 1.03 bits per heavy atom. The van der Waals surface area contributed by atoms with E-state index in [-0.39, 0.29) is 11.0 Å². The van der Waals surface area contributed by atoms with Crippen molar-refractivity contribution >= 4 is 40.0 Å². The number of nitrogens with zero attached hydrogens (tertiary/aromatic N) is 1. The van der Waals surface area contributed by atoms with Crippen molar-refractivity contribution in [1.82, 2.24) is 10.3 Å². The Morgan fingerprint density at radius 2 is 1.86 bits per heavy atom. The Labute approximate surface area is 172 Å². The number of ether oxygens (including phenoxy) is 1. The standard InChI is InChI=1S/C22H17N3O3S/c1-27-17-10-11-19-18(13-17)24-21(28-19)15-8-5-9-16(12-15)23-22(29)25-20(26)14-6-3-2-4-7-14/h2-13H,1H3,(H2,23,25,26,29). The number of amides is 1. The van der Waals surface area contributed by atoms with Crippen molar-refractivity contribution in [1.29, 1.82) is 0 Å². The molecule has 1 heterocycles. The van der Waals surface area contributed by atoms with Crippen LogP contribution in [0.1, 0.15) is 10.4 Å². The van der Waals surface area contributed by atoms with Crippen LogP contribution in [0.3, 0.4) is 0 Å². The van der Waals surface area contributed by atoms with Gasteiger partial charge in [-0.2, -0.15) is 0 Å². The molecule has 0 unspecified atom stereocenters. The highest BCUT2D eigenvalue weighted by atomic mass is 32.1. The molecule has 0 aliphatic rings. The predicted octanol–water partition coefficient (Wildman–Crippen LogP) is 4.63. The van der Waals surface area contributed by atoms with Crippen LogP contribution in [0.5, 0.6) is 5.75 Å². The average Bonchev–Trinajstić information content (AvgIpc) is 3.17. The highest BCUT2D eigenvalue weighted by Gasteiger charge is 2.11. The lowest BCUT2D eigenvalue weighted by molar-refractivity contribution is 0.0977. The van der Waals surface area contributed by atoms with E-state index in [0.29, 0.717) is 34.0 Å². The monoisotopic (exact) mass is 403 g/mol. The van der Waals surface area contributed by atoms with Gasteiger partial charge in [0.05, 0.1) is 7.11 Å². The van der Waals surface area contributed by atoms with E-state index in [0.717, 1.165) is 5.56 Å². The van der Waals surface area contributed by atoms with Crippen molar-refractivity contribution in [2.24, 2.45) is 0 Å². The first kappa shape index (κ1) is 18.6. The fraction of sp³-hybridized carbons (Fsp3) is 0.0455. The Kier molecular flexibility index (Phi) is 5.22. The van der Waals surface area contributed by atoms with Crippen molar-refractivity contribution in [3.63, 3.8) is 0 Å². The van der Waals surface area contributed by atoms with Crippen LogP contribution in [0.2, 0.25) is 0 Å². The van der Waals surface area contributed by atoms with Crippen LogP contribution in [0.15, 0.2) is 77.2 Å². The third-order valence-electron chi connectivity index (χ3n) is 4.23. The van der Waals surface area contributed by atoms with E-state index in [1.807, 2.05) is 48.5 Å². The molecule has 4 aromatic rings. The number of thiocarbonyl (C=S) groups is 1. The first-order chi connectivity index (χ1) is 14.1. The van der Waals surface area contributed by atoms with Gasteiger partial charge in [-0.05, 0) is 54.7 Å². The van der Waals surface area contributed by atoms with E-state index in [2.05, 4.69) is 15.6 Å². The molecule has 0 fully saturated rings. The second-order valence-electron chi connectivity index (χ2n) is 6.21. The number of hydrogen-bond donors (Lipinski definition) is 2. The van der Waals surface area contributed by atoms with Gasteiger partial charge in [-0.3, -0.25) is 10.1 Å². The van der Waals surface area contributed by atoms with Crippen molar-refractivity contribution in [2.75, 3.05) is 12.4 Å². The summed E-state index contributed by atoms with van der Waals surface area (Å²) in [5.41, 5.74) is 3.41. The maximum atomic E-state index is 12.2. The van der Waals surface area contributed by atoms with Crippen molar-refractivity contribution in [3.8, 4) is 17.2 Å².